The van der Waals surface area contributed by atoms with Gasteiger partial charge in [-0.25, -0.2) is 4.39 Å². The molecule has 0 aliphatic heterocycles. The summed E-state index contributed by atoms with van der Waals surface area (Å²) in [6, 6.07) is 9.65. The maximum Gasteiger partial charge on any atom is 0.119 e. The first kappa shape index (κ1) is 33.6. The van der Waals surface area contributed by atoms with Crippen LogP contribution in [0.2, 0.25) is 0 Å². The Morgan fingerprint density at radius 2 is 0.622 bits per heavy atom. The van der Waals surface area contributed by atoms with Gasteiger partial charge >= 0.3 is 0 Å². The number of benzene rings is 1. The van der Waals surface area contributed by atoms with Crippen LogP contribution in [-0.2, 0) is 42.6 Å². The number of hydrogen-bond donors (Lipinski definition) is 0. The molecule has 0 aliphatic carbocycles. The van der Waals surface area contributed by atoms with Crippen molar-refractivity contribution in [3.8, 4) is 5.75 Å². The van der Waals surface area contributed by atoms with E-state index >= 15 is 0 Å². The Labute approximate surface area is 220 Å². The van der Waals surface area contributed by atoms with Crippen LogP contribution in [-0.4, -0.2) is 132 Å². The van der Waals surface area contributed by atoms with E-state index in [1.54, 1.807) is 0 Å². The third kappa shape index (κ3) is 26.0. The standard InChI is InChI=1S/C26H45FO10/c27-6-7-28-8-9-29-10-11-30-12-13-31-14-15-32-16-17-33-18-19-34-20-21-35-22-23-36-24-25-37-26-4-2-1-3-5-26/h1-5H,6-25H2. The maximum absolute atomic E-state index is 11.8. The fraction of sp³-hybridized carbons (Fsp3) is 0.769. The first-order valence-electron chi connectivity index (χ1n) is 12.9. The van der Waals surface area contributed by atoms with Crippen molar-refractivity contribution < 1.29 is 51.8 Å². The number of hydrogen-bond acceptors (Lipinski definition) is 10. The molecule has 1 rings (SSSR count). The quantitative estimate of drug-likeness (QED) is 0.136. The zero-order chi connectivity index (χ0) is 26.3. The van der Waals surface area contributed by atoms with Crippen LogP contribution in [0.3, 0.4) is 0 Å². The molecular weight excluding hydrogens is 491 g/mol. The van der Waals surface area contributed by atoms with Gasteiger partial charge in [-0.1, -0.05) is 18.2 Å². The lowest BCUT2D eigenvalue weighted by atomic mass is 10.3. The van der Waals surface area contributed by atoms with Gasteiger partial charge in [0, 0.05) is 0 Å². The first-order valence-corrected chi connectivity index (χ1v) is 12.9. The Morgan fingerprint density at radius 3 is 0.919 bits per heavy atom. The topological polar surface area (TPSA) is 92.3 Å². The van der Waals surface area contributed by atoms with Gasteiger partial charge in [-0.15, -0.1) is 0 Å². The van der Waals surface area contributed by atoms with Gasteiger partial charge in [0.25, 0.3) is 0 Å². The van der Waals surface area contributed by atoms with Gasteiger partial charge in [0.05, 0.1) is 119 Å². The van der Waals surface area contributed by atoms with Gasteiger partial charge in [-0.3, -0.25) is 0 Å². The monoisotopic (exact) mass is 536 g/mol. The van der Waals surface area contributed by atoms with E-state index in [9.17, 15) is 4.39 Å². The van der Waals surface area contributed by atoms with Crippen molar-refractivity contribution in [2.45, 2.75) is 0 Å². The van der Waals surface area contributed by atoms with Crippen LogP contribution in [0.1, 0.15) is 0 Å². The van der Waals surface area contributed by atoms with E-state index in [1.807, 2.05) is 30.3 Å². The molecule has 1 aromatic carbocycles. The molecule has 216 valence electrons. The molecule has 0 aromatic heterocycles. The molecule has 37 heavy (non-hydrogen) atoms. The summed E-state index contributed by atoms with van der Waals surface area (Å²) in [7, 11) is 0. The molecule has 0 saturated carbocycles. The highest BCUT2D eigenvalue weighted by atomic mass is 19.1. The molecule has 0 fully saturated rings. The van der Waals surface area contributed by atoms with E-state index < -0.39 is 6.67 Å². The number of alkyl halides is 1. The fourth-order valence-corrected chi connectivity index (χ4v) is 2.65. The number of ether oxygens (including phenoxy) is 10. The highest BCUT2D eigenvalue weighted by Gasteiger charge is 1.96. The molecule has 0 unspecified atom stereocenters. The van der Waals surface area contributed by atoms with Crippen LogP contribution in [0.15, 0.2) is 30.3 Å². The smallest absolute Gasteiger partial charge is 0.119 e. The number of para-hydroxylation sites is 1. The predicted octanol–water partition coefficient (Wildman–Crippen LogP) is 2.18. The zero-order valence-electron chi connectivity index (χ0n) is 22.0. The predicted molar refractivity (Wildman–Crippen MR) is 135 cm³/mol. The van der Waals surface area contributed by atoms with Gasteiger partial charge in [0.2, 0.25) is 0 Å². The van der Waals surface area contributed by atoms with Gasteiger partial charge in [0.1, 0.15) is 19.0 Å². The number of rotatable bonds is 30. The normalized spacial score (nSPS) is 11.3. The van der Waals surface area contributed by atoms with Crippen LogP contribution in [0.5, 0.6) is 5.75 Å². The van der Waals surface area contributed by atoms with Crippen LogP contribution < -0.4 is 4.74 Å². The summed E-state index contributed by atoms with van der Waals surface area (Å²) in [5, 5.41) is 0. The molecule has 1 aromatic rings. The second-order valence-electron chi connectivity index (χ2n) is 7.36. The molecule has 0 radical (unpaired) electrons. The summed E-state index contributed by atoms with van der Waals surface area (Å²) >= 11 is 0. The van der Waals surface area contributed by atoms with Gasteiger partial charge in [-0.05, 0) is 12.1 Å². The molecule has 11 heteroatoms. The largest absolute Gasteiger partial charge is 0.491 e. The van der Waals surface area contributed by atoms with Gasteiger partial charge in [0.15, 0.2) is 0 Å². The Bertz CT molecular complexity index is 555. The second-order valence-corrected chi connectivity index (χ2v) is 7.36. The Kier molecular flexibility index (Phi) is 26.5. The lowest BCUT2D eigenvalue weighted by Gasteiger charge is -2.09. The lowest BCUT2D eigenvalue weighted by Crippen LogP contribution is -2.15. The first-order chi connectivity index (χ1) is 18.4. The summed E-state index contributed by atoms with van der Waals surface area (Å²) in [5.74, 6) is 0.842. The molecule has 0 aliphatic rings. The third-order valence-electron chi connectivity index (χ3n) is 4.44. The minimum atomic E-state index is -0.472. The highest BCUT2D eigenvalue weighted by Crippen LogP contribution is 2.07. The SMILES string of the molecule is FCCOCCOCCOCCOCCOCCOCCOCCOCCOCCOc1ccccc1. The molecule has 10 nitrogen and oxygen atoms in total. The van der Waals surface area contributed by atoms with E-state index in [-0.39, 0.29) is 6.61 Å². The second kappa shape index (κ2) is 29.2. The van der Waals surface area contributed by atoms with E-state index in [4.69, 9.17) is 47.4 Å². The van der Waals surface area contributed by atoms with Crippen LogP contribution >= 0.6 is 0 Å². The summed E-state index contributed by atoms with van der Waals surface area (Å²) in [5.41, 5.74) is 0. The molecular formula is C26H45FO10. The molecule has 0 saturated heterocycles. The zero-order valence-corrected chi connectivity index (χ0v) is 22.0. The van der Waals surface area contributed by atoms with Crippen molar-refractivity contribution in [3.05, 3.63) is 30.3 Å². The molecule has 0 bridgehead atoms. The lowest BCUT2D eigenvalue weighted by molar-refractivity contribution is -0.0255. The number of halogens is 1. The van der Waals surface area contributed by atoms with Crippen molar-refractivity contribution in [2.24, 2.45) is 0 Å². The molecule has 0 N–H and O–H groups in total. The highest BCUT2D eigenvalue weighted by molar-refractivity contribution is 5.20. The third-order valence-corrected chi connectivity index (χ3v) is 4.44. The van der Waals surface area contributed by atoms with Crippen LogP contribution in [0, 0.1) is 0 Å². The van der Waals surface area contributed by atoms with Gasteiger partial charge < -0.3 is 47.4 Å². The average Bonchev–Trinajstić information content (AvgIpc) is 2.93. The van der Waals surface area contributed by atoms with Crippen molar-refractivity contribution in [2.75, 3.05) is 132 Å². The average molecular weight is 537 g/mol. The Hall–Kier alpha value is -1.41. The molecule has 0 atom stereocenters. The maximum atomic E-state index is 11.8. The molecule has 0 heterocycles. The summed E-state index contributed by atoms with van der Waals surface area (Å²) in [6.07, 6.45) is 0. The summed E-state index contributed by atoms with van der Waals surface area (Å²) in [6.45, 7) is 8.59. The molecule has 0 amide bonds. The van der Waals surface area contributed by atoms with Crippen molar-refractivity contribution in [3.63, 3.8) is 0 Å². The van der Waals surface area contributed by atoms with Crippen molar-refractivity contribution in [1.82, 2.24) is 0 Å². The van der Waals surface area contributed by atoms with E-state index in [0.29, 0.717) is 119 Å². The van der Waals surface area contributed by atoms with E-state index in [1.165, 1.54) is 0 Å². The van der Waals surface area contributed by atoms with E-state index in [0.717, 1.165) is 5.75 Å². The van der Waals surface area contributed by atoms with E-state index in [2.05, 4.69) is 0 Å². The van der Waals surface area contributed by atoms with Gasteiger partial charge in [-0.2, -0.15) is 0 Å². The summed E-state index contributed by atoms with van der Waals surface area (Å²) < 4.78 is 65.6. The molecule has 0 spiro atoms. The van der Waals surface area contributed by atoms with Crippen molar-refractivity contribution in [1.29, 1.82) is 0 Å². The fourth-order valence-electron chi connectivity index (χ4n) is 2.65. The minimum absolute atomic E-state index is 0.116. The van der Waals surface area contributed by atoms with Crippen LogP contribution in [0.4, 0.5) is 4.39 Å². The summed E-state index contributed by atoms with van der Waals surface area (Å²) in [4.78, 5) is 0. The van der Waals surface area contributed by atoms with Crippen molar-refractivity contribution >= 4 is 0 Å². The Morgan fingerprint density at radius 1 is 0.351 bits per heavy atom. The minimum Gasteiger partial charge on any atom is -0.491 e. The Balaban J connectivity index is 1.62. The van der Waals surface area contributed by atoms with Crippen LogP contribution in [0.25, 0.3) is 0 Å².